The predicted molar refractivity (Wildman–Crippen MR) is 87.3 cm³/mol. The number of carbonyl (C=O) groups is 1. The summed E-state index contributed by atoms with van der Waals surface area (Å²) >= 11 is 4.96. The van der Waals surface area contributed by atoms with E-state index in [9.17, 15) is 4.79 Å². The number of hydrogen-bond donors (Lipinski definition) is 0. The lowest BCUT2D eigenvalue weighted by Gasteiger charge is -1.94. The quantitative estimate of drug-likeness (QED) is 0.456. The fourth-order valence-corrected chi connectivity index (χ4v) is 3.33. The lowest BCUT2D eigenvalue weighted by Crippen LogP contribution is -1.81. The second kappa shape index (κ2) is 5.62. The molecule has 0 spiro atoms. The largest absolute Gasteiger partial charge is 0.297 e. The van der Waals surface area contributed by atoms with Crippen LogP contribution in [0.3, 0.4) is 0 Å². The third-order valence-corrected chi connectivity index (χ3v) is 4.71. The number of halogens is 1. The van der Waals surface area contributed by atoms with Crippen LogP contribution in [0.1, 0.15) is 20.8 Å². The molecule has 3 aromatic rings. The maximum atomic E-state index is 11.2. The number of rotatable bonds is 1. The molecule has 96 valence electrons. The molecule has 0 amide bonds. The summed E-state index contributed by atoms with van der Waals surface area (Å²) in [6, 6.07) is 15.8. The van der Waals surface area contributed by atoms with Crippen molar-refractivity contribution in [2.75, 3.05) is 0 Å². The molecule has 1 aromatic heterocycles. The first-order chi connectivity index (χ1) is 9.79. The number of benzene rings is 2. The summed E-state index contributed by atoms with van der Waals surface area (Å²) in [7, 11) is 0. The number of aldehydes is 1. The van der Waals surface area contributed by atoms with E-state index in [4.69, 9.17) is 0 Å². The Morgan fingerprint density at radius 3 is 2.55 bits per heavy atom. The zero-order valence-corrected chi connectivity index (χ0v) is 12.8. The molecular formula is C17H9BrOS. The normalized spacial score (nSPS) is 10.1. The molecule has 3 rings (SSSR count). The van der Waals surface area contributed by atoms with Crippen LogP contribution >= 0.6 is 27.3 Å². The highest BCUT2D eigenvalue weighted by Gasteiger charge is 2.08. The van der Waals surface area contributed by atoms with Gasteiger partial charge in [0.2, 0.25) is 0 Å². The van der Waals surface area contributed by atoms with Crippen LogP contribution in [-0.2, 0) is 0 Å². The summed E-state index contributed by atoms with van der Waals surface area (Å²) < 4.78 is 2.05. The molecule has 0 fully saturated rings. The summed E-state index contributed by atoms with van der Waals surface area (Å²) in [4.78, 5) is 11.9. The molecule has 2 aromatic carbocycles. The van der Waals surface area contributed by atoms with Crippen molar-refractivity contribution in [2.45, 2.75) is 0 Å². The predicted octanol–water partition coefficient (Wildman–Crippen LogP) is 4.88. The fraction of sp³-hybridized carbons (Fsp3) is 0. The zero-order chi connectivity index (χ0) is 13.9. The average Bonchev–Trinajstić information content (AvgIpc) is 2.84. The van der Waals surface area contributed by atoms with E-state index in [1.165, 1.54) is 11.3 Å². The van der Waals surface area contributed by atoms with Crippen molar-refractivity contribution < 1.29 is 4.79 Å². The lowest BCUT2D eigenvalue weighted by atomic mass is 10.1. The van der Waals surface area contributed by atoms with Gasteiger partial charge in [-0.05, 0) is 34.1 Å². The van der Waals surface area contributed by atoms with Crippen LogP contribution in [0, 0.1) is 11.8 Å². The molecule has 0 unspecified atom stereocenters. The van der Waals surface area contributed by atoms with Crippen molar-refractivity contribution in [1.29, 1.82) is 0 Å². The molecule has 0 aliphatic rings. The van der Waals surface area contributed by atoms with E-state index in [2.05, 4.69) is 27.8 Å². The SMILES string of the molecule is O=Cc1sc2ccccc2c1C#Cc1ccccc1Br. The molecule has 0 saturated carbocycles. The van der Waals surface area contributed by atoms with Crippen LogP contribution in [0.5, 0.6) is 0 Å². The van der Waals surface area contributed by atoms with Gasteiger partial charge in [-0.2, -0.15) is 0 Å². The van der Waals surface area contributed by atoms with Crippen molar-refractivity contribution in [3.05, 3.63) is 69.0 Å². The minimum absolute atomic E-state index is 0.686. The average molecular weight is 341 g/mol. The van der Waals surface area contributed by atoms with E-state index < -0.39 is 0 Å². The summed E-state index contributed by atoms with van der Waals surface area (Å²) in [5, 5.41) is 1.04. The molecule has 0 aliphatic heterocycles. The van der Waals surface area contributed by atoms with Crippen LogP contribution in [0.25, 0.3) is 10.1 Å². The van der Waals surface area contributed by atoms with Crippen molar-refractivity contribution in [2.24, 2.45) is 0 Å². The van der Waals surface area contributed by atoms with E-state index in [0.29, 0.717) is 4.88 Å². The summed E-state index contributed by atoms with van der Waals surface area (Å²) in [5.41, 5.74) is 1.73. The third kappa shape index (κ3) is 2.40. The van der Waals surface area contributed by atoms with Crippen LogP contribution in [0.15, 0.2) is 53.0 Å². The van der Waals surface area contributed by atoms with Gasteiger partial charge in [0.05, 0.1) is 10.4 Å². The van der Waals surface area contributed by atoms with E-state index in [0.717, 1.165) is 32.0 Å². The molecule has 3 heteroatoms. The molecule has 0 N–H and O–H groups in total. The van der Waals surface area contributed by atoms with E-state index in [1.54, 1.807) is 0 Å². The van der Waals surface area contributed by atoms with Gasteiger partial charge in [-0.1, -0.05) is 42.2 Å². The van der Waals surface area contributed by atoms with Gasteiger partial charge in [0.1, 0.15) is 0 Å². The number of hydrogen-bond acceptors (Lipinski definition) is 2. The topological polar surface area (TPSA) is 17.1 Å². The minimum atomic E-state index is 0.686. The molecule has 0 atom stereocenters. The van der Waals surface area contributed by atoms with Crippen molar-refractivity contribution in [1.82, 2.24) is 0 Å². The standard InChI is InChI=1S/C17H9BrOS/c18-15-7-3-1-5-12(15)9-10-14-13-6-2-4-8-16(13)20-17(14)11-19/h1-8,11H. The van der Waals surface area contributed by atoms with E-state index in [-0.39, 0.29) is 0 Å². The summed E-state index contributed by atoms with van der Waals surface area (Å²) in [5.74, 6) is 6.28. The molecule has 0 radical (unpaired) electrons. The second-order valence-electron chi connectivity index (χ2n) is 4.19. The Balaban J connectivity index is 2.16. The number of carbonyl (C=O) groups excluding carboxylic acids is 1. The molecule has 20 heavy (non-hydrogen) atoms. The van der Waals surface area contributed by atoms with Crippen LogP contribution in [-0.4, -0.2) is 6.29 Å². The van der Waals surface area contributed by atoms with Crippen LogP contribution < -0.4 is 0 Å². The Bertz CT molecular complexity index is 852. The van der Waals surface area contributed by atoms with Crippen LogP contribution in [0.4, 0.5) is 0 Å². The highest BCUT2D eigenvalue weighted by molar-refractivity contribution is 9.10. The van der Waals surface area contributed by atoms with E-state index >= 15 is 0 Å². The van der Waals surface area contributed by atoms with Crippen molar-refractivity contribution >= 4 is 43.6 Å². The third-order valence-electron chi connectivity index (χ3n) is 2.93. The van der Waals surface area contributed by atoms with Crippen molar-refractivity contribution in [3.63, 3.8) is 0 Å². The molecule has 0 saturated heterocycles. The maximum absolute atomic E-state index is 11.2. The summed E-state index contributed by atoms with van der Waals surface area (Å²) in [6.07, 6.45) is 0.884. The van der Waals surface area contributed by atoms with Gasteiger partial charge in [-0.3, -0.25) is 4.79 Å². The molecule has 0 bridgehead atoms. The maximum Gasteiger partial charge on any atom is 0.161 e. The highest BCUT2D eigenvalue weighted by atomic mass is 79.9. The first-order valence-electron chi connectivity index (χ1n) is 6.03. The monoisotopic (exact) mass is 340 g/mol. The second-order valence-corrected chi connectivity index (χ2v) is 6.12. The number of fused-ring (bicyclic) bond motifs is 1. The van der Waals surface area contributed by atoms with Crippen LogP contribution in [0.2, 0.25) is 0 Å². The first kappa shape index (κ1) is 13.1. The lowest BCUT2D eigenvalue weighted by molar-refractivity contribution is 0.112. The van der Waals surface area contributed by atoms with Gasteiger partial charge in [0.15, 0.2) is 6.29 Å². The van der Waals surface area contributed by atoms with Gasteiger partial charge in [0.25, 0.3) is 0 Å². The molecule has 1 nitrogen and oxygen atoms in total. The smallest absolute Gasteiger partial charge is 0.161 e. The number of thiophene rings is 1. The Morgan fingerprint density at radius 2 is 1.75 bits per heavy atom. The zero-order valence-electron chi connectivity index (χ0n) is 10.4. The Labute approximate surface area is 129 Å². The fourth-order valence-electron chi connectivity index (χ4n) is 1.97. The van der Waals surface area contributed by atoms with Gasteiger partial charge >= 0.3 is 0 Å². The van der Waals surface area contributed by atoms with E-state index in [1.807, 2.05) is 48.5 Å². The Kier molecular flexibility index (Phi) is 3.68. The Morgan fingerprint density at radius 1 is 1.00 bits per heavy atom. The van der Waals surface area contributed by atoms with Gasteiger partial charge in [-0.25, -0.2) is 0 Å². The minimum Gasteiger partial charge on any atom is -0.297 e. The van der Waals surface area contributed by atoms with Gasteiger partial charge in [0, 0.05) is 20.1 Å². The van der Waals surface area contributed by atoms with Gasteiger partial charge < -0.3 is 0 Å². The first-order valence-corrected chi connectivity index (χ1v) is 7.64. The molecule has 1 heterocycles. The Hall–Kier alpha value is -1.89. The molecular weight excluding hydrogens is 332 g/mol. The highest BCUT2D eigenvalue weighted by Crippen LogP contribution is 2.29. The van der Waals surface area contributed by atoms with Crippen molar-refractivity contribution in [3.8, 4) is 11.8 Å². The van der Waals surface area contributed by atoms with Gasteiger partial charge in [-0.15, -0.1) is 11.3 Å². The summed E-state index contributed by atoms with van der Waals surface area (Å²) in [6.45, 7) is 0. The molecule has 0 aliphatic carbocycles.